The Labute approximate surface area is 166 Å². The van der Waals surface area contributed by atoms with Gasteiger partial charge in [-0.3, -0.25) is 5.32 Å². The number of benzene rings is 3. The van der Waals surface area contributed by atoms with Crippen LogP contribution in [0.5, 0.6) is 0 Å². The average molecular weight is 422 g/mol. The molecule has 28 heavy (non-hydrogen) atoms. The van der Waals surface area contributed by atoms with E-state index in [9.17, 15) is 18.0 Å². The topological polar surface area (TPSA) is 54.0 Å². The van der Waals surface area contributed by atoms with Gasteiger partial charge in [-0.15, -0.1) is 0 Å². The summed E-state index contributed by atoms with van der Waals surface area (Å²) in [5.74, 6) is 0. The summed E-state index contributed by atoms with van der Waals surface area (Å²) < 4.78 is 39.4. The molecular weight excluding hydrogens is 411 g/mol. The normalized spacial score (nSPS) is 11.7. The van der Waals surface area contributed by atoms with Crippen LogP contribution in [0, 0.1) is 0 Å². The molecule has 0 saturated heterocycles. The van der Waals surface area contributed by atoms with Crippen molar-refractivity contribution in [1.29, 1.82) is 0 Å². The molecule has 0 spiro atoms. The minimum absolute atomic E-state index is 0.00144. The number of thiazole rings is 1. The minimum Gasteiger partial charge on any atom is -0.306 e. The van der Waals surface area contributed by atoms with Crippen LogP contribution in [0.3, 0.4) is 0 Å². The van der Waals surface area contributed by atoms with Gasteiger partial charge in [-0.1, -0.05) is 53.3 Å². The second-order valence-electron chi connectivity index (χ2n) is 5.92. The van der Waals surface area contributed by atoms with E-state index in [0.29, 0.717) is 5.13 Å². The molecule has 1 aromatic heterocycles. The summed E-state index contributed by atoms with van der Waals surface area (Å²) in [6.07, 6.45) is -4.54. The maximum absolute atomic E-state index is 12.8. The van der Waals surface area contributed by atoms with Gasteiger partial charge in [0.25, 0.3) is 0 Å². The lowest BCUT2D eigenvalue weighted by atomic mass is 10.1. The van der Waals surface area contributed by atoms with Gasteiger partial charge < -0.3 is 5.32 Å². The Kier molecular flexibility index (Phi) is 4.60. The van der Waals surface area contributed by atoms with Gasteiger partial charge in [-0.25, -0.2) is 9.78 Å². The molecule has 142 valence electrons. The van der Waals surface area contributed by atoms with Crippen molar-refractivity contribution >= 4 is 60.8 Å². The monoisotopic (exact) mass is 421 g/mol. The SMILES string of the molecule is O=C(Nc1nc2c(ccc3ccccc32)s1)Nc1cc(C(F)(F)F)ccc1Cl. The number of hydrogen-bond donors (Lipinski definition) is 2. The van der Waals surface area contributed by atoms with Crippen molar-refractivity contribution in [2.45, 2.75) is 6.18 Å². The lowest BCUT2D eigenvalue weighted by Gasteiger charge is -2.11. The molecule has 4 aromatic rings. The molecular formula is C19H11ClF3N3OS. The fourth-order valence-corrected chi connectivity index (χ4v) is 3.80. The number of fused-ring (bicyclic) bond motifs is 3. The first-order chi connectivity index (χ1) is 13.3. The maximum atomic E-state index is 12.8. The summed E-state index contributed by atoms with van der Waals surface area (Å²) in [6, 6.07) is 13.6. The summed E-state index contributed by atoms with van der Waals surface area (Å²) in [5.41, 5.74) is -0.297. The van der Waals surface area contributed by atoms with Gasteiger partial charge in [0.1, 0.15) is 0 Å². The molecule has 0 aliphatic heterocycles. The Morgan fingerprint density at radius 1 is 1.04 bits per heavy atom. The van der Waals surface area contributed by atoms with Crippen molar-refractivity contribution in [3.8, 4) is 0 Å². The summed E-state index contributed by atoms with van der Waals surface area (Å²) in [4.78, 5) is 16.7. The van der Waals surface area contributed by atoms with Gasteiger partial charge in [-0.05, 0) is 29.7 Å². The molecule has 0 aliphatic rings. The molecule has 0 saturated carbocycles. The van der Waals surface area contributed by atoms with E-state index in [2.05, 4.69) is 15.6 Å². The zero-order valence-corrected chi connectivity index (χ0v) is 15.5. The summed E-state index contributed by atoms with van der Waals surface area (Å²) in [6.45, 7) is 0. The van der Waals surface area contributed by atoms with Crippen LogP contribution in [0.4, 0.5) is 28.8 Å². The standard InChI is InChI=1S/C19H11ClF3N3OS/c20-13-7-6-11(19(21,22)23)9-14(13)24-17(27)26-18-25-16-12-4-2-1-3-10(12)5-8-15(16)28-18/h1-9H,(H2,24,25,26,27). The van der Waals surface area contributed by atoms with Crippen LogP contribution in [0.2, 0.25) is 5.02 Å². The van der Waals surface area contributed by atoms with Gasteiger partial charge in [0.2, 0.25) is 0 Å². The van der Waals surface area contributed by atoms with Crippen molar-refractivity contribution in [2.75, 3.05) is 10.6 Å². The average Bonchev–Trinajstić information content (AvgIpc) is 3.05. The third-order valence-electron chi connectivity index (χ3n) is 4.05. The largest absolute Gasteiger partial charge is 0.416 e. The number of hydrogen-bond acceptors (Lipinski definition) is 3. The zero-order valence-electron chi connectivity index (χ0n) is 14.0. The Bertz CT molecular complexity index is 1210. The molecule has 0 radical (unpaired) electrons. The highest BCUT2D eigenvalue weighted by molar-refractivity contribution is 7.22. The molecule has 4 rings (SSSR count). The van der Waals surface area contributed by atoms with E-state index in [4.69, 9.17) is 11.6 Å². The van der Waals surface area contributed by atoms with Gasteiger partial charge >= 0.3 is 12.2 Å². The molecule has 0 fully saturated rings. The van der Waals surface area contributed by atoms with E-state index in [1.54, 1.807) is 0 Å². The smallest absolute Gasteiger partial charge is 0.306 e. The van der Waals surface area contributed by atoms with E-state index < -0.39 is 17.8 Å². The molecule has 2 amide bonds. The fourth-order valence-electron chi connectivity index (χ4n) is 2.76. The second-order valence-corrected chi connectivity index (χ2v) is 7.36. The highest BCUT2D eigenvalue weighted by atomic mass is 35.5. The van der Waals surface area contributed by atoms with Gasteiger partial charge in [0, 0.05) is 5.39 Å². The number of anilines is 2. The van der Waals surface area contributed by atoms with Crippen molar-refractivity contribution in [3.63, 3.8) is 0 Å². The molecule has 0 unspecified atom stereocenters. The predicted molar refractivity (Wildman–Crippen MR) is 106 cm³/mol. The van der Waals surface area contributed by atoms with Gasteiger partial charge in [-0.2, -0.15) is 13.2 Å². The molecule has 9 heteroatoms. The van der Waals surface area contributed by atoms with Crippen molar-refractivity contribution in [2.24, 2.45) is 0 Å². The highest BCUT2D eigenvalue weighted by Crippen LogP contribution is 2.34. The van der Waals surface area contributed by atoms with Crippen LogP contribution in [-0.4, -0.2) is 11.0 Å². The molecule has 3 aromatic carbocycles. The molecule has 0 atom stereocenters. The van der Waals surface area contributed by atoms with E-state index in [1.165, 1.54) is 11.3 Å². The Hall–Kier alpha value is -2.84. The van der Waals surface area contributed by atoms with E-state index in [1.807, 2.05) is 36.4 Å². The second kappa shape index (κ2) is 6.96. The first-order valence-corrected chi connectivity index (χ1v) is 9.24. The first kappa shape index (κ1) is 18.5. The van der Waals surface area contributed by atoms with E-state index in [-0.39, 0.29) is 10.7 Å². The van der Waals surface area contributed by atoms with Crippen molar-refractivity contribution < 1.29 is 18.0 Å². The first-order valence-electron chi connectivity index (χ1n) is 8.04. The van der Waals surface area contributed by atoms with Crippen LogP contribution >= 0.6 is 22.9 Å². The summed E-state index contributed by atoms with van der Waals surface area (Å²) in [5, 5.41) is 7.18. The number of rotatable bonds is 2. The number of carbonyl (C=O) groups is 1. The summed E-state index contributed by atoms with van der Waals surface area (Å²) in [7, 11) is 0. The number of aromatic nitrogens is 1. The maximum Gasteiger partial charge on any atom is 0.416 e. The number of urea groups is 1. The highest BCUT2D eigenvalue weighted by Gasteiger charge is 2.31. The van der Waals surface area contributed by atoms with E-state index in [0.717, 1.165) is 39.2 Å². The summed E-state index contributed by atoms with van der Waals surface area (Å²) >= 11 is 7.17. The Balaban J connectivity index is 1.58. The number of alkyl halides is 3. The zero-order chi connectivity index (χ0) is 19.9. The third kappa shape index (κ3) is 3.61. The molecule has 0 aliphatic carbocycles. The van der Waals surface area contributed by atoms with Gasteiger partial charge in [0.15, 0.2) is 5.13 Å². The van der Waals surface area contributed by atoms with Crippen molar-refractivity contribution in [3.05, 3.63) is 65.2 Å². The van der Waals surface area contributed by atoms with E-state index >= 15 is 0 Å². The van der Waals surface area contributed by atoms with Crippen LogP contribution in [0.25, 0.3) is 21.0 Å². The molecule has 2 N–H and O–H groups in total. The Morgan fingerprint density at radius 2 is 1.82 bits per heavy atom. The minimum atomic E-state index is -4.54. The number of nitrogens with zero attached hydrogens (tertiary/aromatic N) is 1. The lowest BCUT2D eigenvalue weighted by Crippen LogP contribution is -2.20. The quantitative estimate of drug-likeness (QED) is 0.375. The van der Waals surface area contributed by atoms with Crippen LogP contribution in [-0.2, 0) is 6.18 Å². The predicted octanol–water partition coefficient (Wildman–Crippen LogP) is 6.77. The fraction of sp³-hybridized carbons (Fsp3) is 0.0526. The van der Waals surface area contributed by atoms with Crippen LogP contribution in [0.1, 0.15) is 5.56 Å². The number of nitrogens with one attached hydrogen (secondary N) is 2. The number of amides is 2. The Morgan fingerprint density at radius 3 is 2.61 bits per heavy atom. The van der Waals surface area contributed by atoms with Gasteiger partial charge in [0.05, 0.1) is 26.5 Å². The van der Waals surface area contributed by atoms with Crippen molar-refractivity contribution in [1.82, 2.24) is 4.98 Å². The third-order valence-corrected chi connectivity index (χ3v) is 5.31. The van der Waals surface area contributed by atoms with Crippen LogP contribution in [0.15, 0.2) is 54.6 Å². The number of carbonyl (C=O) groups excluding carboxylic acids is 1. The molecule has 0 bridgehead atoms. The van der Waals surface area contributed by atoms with Crippen LogP contribution < -0.4 is 10.6 Å². The molecule has 4 nitrogen and oxygen atoms in total. The number of halogens is 4. The lowest BCUT2D eigenvalue weighted by molar-refractivity contribution is -0.137. The molecule has 1 heterocycles.